The van der Waals surface area contributed by atoms with Gasteiger partial charge in [0.25, 0.3) is 0 Å². The van der Waals surface area contributed by atoms with Crippen LogP contribution in [0.25, 0.3) is 21.9 Å². The summed E-state index contributed by atoms with van der Waals surface area (Å²) in [5.41, 5.74) is -0.637. The molecule has 23 heavy (non-hydrogen) atoms. The van der Waals surface area contributed by atoms with Crippen LogP contribution in [0.3, 0.4) is 0 Å². The van der Waals surface area contributed by atoms with Crippen molar-refractivity contribution in [2.75, 3.05) is 7.11 Å². The van der Waals surface area contributed by atoms with Gasteiger partial charge in [0, 0.05) is 12.2 Å². The topological polar surface area (TPSA) is 97.2 Å². The van der Waals surface area contributed by atoms with E-state index in [1.54, 1.807) is 4.57 Å². The first-order chi connectivity index (χ1) is 11.0. The second kappa shape index (κ2) is 4.55. The van der Waals surface area contributed by atoms with E-state index >= 15 is 0 Å². The van der Waals surface area contributed by atoms with Gasteiger partial charge in [-0.1, -0.05) is 0 Å². The molecule has 118 valence electrons. The maximum absolute atomic E-state index is 14.6. The monoisotopic (exact) mass is 317 g/mol. The van der Waals surface area contributed by atoms with Gasteiger partial charge in [0.1, 0.15) is 16.6 Å². The van der Waals surface area contributed by atoms with E-state index in [2.05, 4.69) is 9.97 Å². The zero-order valence-corrected chi connectivity index (χ0v) is 12.1. The number of hydrogen-bond acceptors (Lipinski definition) is 4. The van der Waals surface area contributed by atoms with Crippen LogP contribution in [0.15, 0.2) is 17.3 Å². The molecule has 2 heterocycles. The average molecular weight is 317 g/mol. The number of aromatic amines is 1. The molecular formula is C15H12FN3O4. The van der Waals surface area contributed by atoms with Crippen molar-refractivity contribution in [2.45, 2.75) is 18.9 Å². The minimum absolute atomic E-state index is 0.0323. The summed E-state index contributed by atoms with van der Waals surface area (Å²) >= 11 is 0. The van der Waals surface area contributed by atoms with Crippen LogP contribution in [0.2, 0.25) is 0 Å². The molecule has 8 heteroatoms. The van der Waals surface area contributed by atoms with Crippen molar-refractivity contribution in [1.29, 1.82) is 0 Å². The molecule has 0 bridgehead atoms. The fourth-order valence-corrected chi connectivity index (χ4v) is 2.94. The molecule has 7 nitrogen and oxygen atoms in total. The summed E-state index contributed by atoms with van der Waals surface area (Å²) in [6, 6.07) is 0.0323. The molecule has 1 saturated carbocycles. The lowest BCUT2D eigenvalue weighted by Crippen LogP contribution is -2.19. The van der Waals surface area contributed by atoms with Crippen molar-refractivity contribution >= 4 is 27.9 Å². The Labute approximate surface area is 128 Å². The van der Waals surface area contributed by atoms with Gasteiger partial charge in [0.15, 0.2) is 11.6 Å². The molecule has 3 aromatic rings. The number of hydrogen-bond donors (Lipinski definition) is 2. The molecule has 1 aliphatic rings. The predicted octanol–water partition coefficient (Wildman–Crippen LogP) is 2.06. The van der Waals surface area contributed by atoms with Gasteiger partial charge >= 0.3 is 5.97 Å². The zero-order valence-electron chi connectivity index (χ0n) is 12.1. The predicted molar refractivity (Wildman–Crippen MR) is 79.6 cm³/mol. The van der Waals surface area contributed by atoms with Gasteiger partial charge < -0.3 is 19.4 Å². The number of rotatable bonds is 3. The van der Waals surface area contributed by atoms with Crippen LogP contribution in [0.1, 0.15) is 29.2 Å². The number of benzene rings is 1. The lowest BCUT2D eigenvalue weighted by Gasteiger charge is -2.15. The minimum atomic E-state index is -1.32. The third-order valence-corrected chi connectivity index (χ3v) is 4.12. The number of nitrogens with zero attached hydrogens (tertiary/aromatic N) is 2. The van der Waals surface area contributed by atoms with Crippen molar-refractivity contribution in [3.05, 3.63) is 34.1 Å². The second-order valence-corrected chi connectivity index (χ2v) is 5.51. The van der Waals surface area contributed by atoms with Gasteiger partial charge in [-0.25, -0.2) is 14.2 Å². The molecule has 1 aliphatic carbocycles. The SMILES string of the molecule is COc1c(F)c2nc[nH]c2c2c(=O)c(C(=O)O)cn(C3CC3)c12. The second-order valence-electron chi connectivity index (χ2n) is 5.51. The van der Waals surface area contributed by atoms with Crippen molar-refractivity contribution in [1.82, 2.24) is 14.5 Å². The molecule has 4 rings (SSSR count). The molecular weight excluding hydrogens is 305 g/mol. The summed E-state index contributed by atoms with van der Waals surface area (Å²) in [6.45, 7) is 0. The Bertz CT molecular complexity index is 1030. The summed E-state index contributed by atoms with van der Waals surface area (Å²) in [7, 11) is 1.31. The van der Waals surface area contributed by atoms with Crippen LogP contribution in [-0.4, -0.2) is 32.7 Å². The fraction of sp³-hybridized carbons (Fsp3) is 0.267. The van der Waals surface area contributed by atoms with E-state index in [9.17, 15) is 19.1 Å². The van der Waals surface area contributed by atoms with Crippen LogP contribution < -0.4 is 10.2 Å². The summed E-state index contributed by atoms with van der Waals surface area (Å²) in [4.78, 5) is 30.7. The largest absolute Gasteiger partial charge is 0.491 e. The number of fused-ring (bicyclic) bond motifs is 3. The molecule has 0 aliphatic heterocycles. The number of carboxylic acid groups (broad SMARTS) is 1. The molecule has 0 atom stereocenters. The van der Waals surface area contributed by atoms with Gasteiger partial charge in [-0.15, -0.1) is 0 Å². The number of H-pyrrole nitrogens is 1. The van der Waals surface area contributed by atoms with Crippen molar-refractivity contribution in [3.63, 3.8) is 0 Å². The van der Waals surface area contributed by atoms with E-state index in [-0.39, 0.29) is 39.3 Å². The van der Waals surface area contributed by atoms with E-state index in [1.807, 2.05) is 0 Å². The number of carbonyl (C=O) groups is 1. The van der Waals surface area contributed by atoms with Crippen LogP contribution >= 0.6 is 0 Å². The molecule has 2 aromatic heterocycles. The number of methoxy groups -OCH3 is 1. The fourth-order valence-electron chi connectivity index (χ4n) is 2.94. The Kier molecular flexibility index (Phi) is 2.72. The number of aromatic carboxylic acids is 1. The number of ether oxygens (including phenoxy) is 1. The van der Waals surface area contributed by atoms with Gasteiger partial charge in [0.2, 0.25) is 5.43 Å². The highest BCUT2D eigenvalue weighted by atomic mass is 19.1. The van der Waals surface area contributed by atoms with Gasteiger partial charge in [-0.2, -0.15) is 0 Å². The van der Waals surface area contributed by atoms with Crippen molar-refractivity contribution < 1.29 is 19.0 Å². The number of halogens is 1. The van der Waals surface area contributed by atoms with E-state index in [1.165, 1.54) is 19.6 Å². The lowest BCUT2D eigenvalue weighted by atomic mass is 10.1. The Morgan fingerprint density at radius 3 is 2.87 bits per heavy atom. The van der Waals surface area contributed by atoms with E-state index in [4.69, 9.17) is 4.74 Å². The maximum Gasteiger partial charge on any atom is 0.341 e. The number of imidazole rings is 1. The quantitative estimate of drug-likeness (QED) is 0.770. The molecule has 2 N–H and O–H groups in total. The van der Waals surface area contributed by atoms with Crippen LogP contribution in [0.4, 0.5) is 4.39 Å². The number of carboxylic acids is 1. The number of pyridine rings is 1. The van der Waals surface area contributed by atoms with Crippen LogP contribution in [-0.2, 0) is 0 Å². The third kappa shape index (κ3) is 1.77. The van der Waals surface area contributed by atoms with E-state index < -0.39 is 17.2 Å². The molecule has 0 spiro atoms. The molecule has 0 radical (unpaired) electrons. The standard InChI is InChI=1S/C15H12FN3O4/c1-23-14-9(16)11-10(17-5-18-11)8-12(14)19(6-2-3-6)4-7(13(8)20)15(21)22/h4-6H,2-3H2,1H3,(H,17,18)(H,21,22). The Morgan fingerprint density at radius 2 is 2.26 bits per heavy atom. The smallest absolute Gasteiger partial charge is 0.341 e. The molecule has 0 saturated heterocycles. The van der Waals surface area contributed by atoms with Gasteiger partial charge in [0.05, 0.1) is 24.3 Å². The third-order valence-electron chi connectivity index (χ3n) is 4.12. The number of nitrogens with one attached hydrogen (secondary N) is 1. The summed E-state index contributed by atoms with van der Waals surface area (Å²) < 4.78 is 21.4. The maximum atomic E-state index is 14.6. The zero-order chi connectivity index (χ0) is 16.3. The van der Waals surface area contributed by atoms with Crippen LogP contribution in [0, 0.1) is 5.82 Å². The van der Waals surface area contributed by atoms with Crippen molar-refractivity contribution in [3.8, 4) is 5.75 Å². The van der Waals surface area contributed by atoms with Gasteiger partial charge in [-0.05, 0) is 12.8 Å². The Balaban J connectivity index is 2.33. The first kappa shape index (κ1) is 13.7. The van der Waals surface area contributed by atoms with E-state index in [0.29, 0.717) is 0 Å². The molecule has 1 aromatic carbocycles. The summed E-state index contributed by atoms with van der Waals surface area (Å²) in [5.74, 6) is -2.09. The highest BCUT2D eigenvalue weighted by molar-refractivity contribution is 6.08. The average Bonchev–Trinajstić information content (AvgIpc) is 3.24. The first-order valence-electron chi connectivity index (χ1n) is 7.05. The molecule has 0 amide bonds. The highest BCUT2D eigenvalue weighted by Crippen LogP contribution is 2.41. The summed E-state index contributed by atoms with van der Waals surface area (Å²) in [5, 5.41) is 9.40. The molecule has 0 unspecified atom stereocenters. The highest BCUT2D eigenvalue weighted by Gasteiger charge is 2.31. The van der Waals surface area contributed by atoms with Crippen molar-refractivity contribution in [2.24, 2.45) is 0 Å². The lowest BCUT2D eigenvalue weighted by molar-refractivity contribution is 0.0695. The first-order valence-corrected chi connectivity index (χ1v) is 7.05. The normalized spacial score (nSPS) is 14.5. The van der Waals surface area contributed by atoms with Crippen LogP contribution in [0.5, 0.6) is 5.75 Å². The Morgan fingerprint density at radius 1 is 1.52 bits per heavy atom. The summed E-state index contributed by atoms with van der Waals surface area (Å²) in [6.07, 6.45) is 4.21. The van der Waals surface area contributed by atoms with Gasteiger partial charge in [-0.3, -0.25) is 4.79 Å². The Hall–Kier alpha value is -2.90. The van der Waals surface area contributed by atoms with E-state index in [0.717, 1.165) is 12.8 Å². The number of aromatic nitrogens is 3. The minimum Gasteiger partial charge on any atom is -0.491 e. The molecule has 1 fully saturated rings.